The van der Waals surface area contributed by atoms with Gasteiger partial charge in [-0.3, -0.25) is 9.59 Å². The first kappa shape index (κ1) is 20.3. The average molecular weight is 413 g/mol. The van der Waals surface area contributed by atoms with Gasteiger partial charge in [0, 0.05) is 25.0 Å². The van der Waals surface area contributed by atoms with Crippen molar-refractivity contribution in [1.29, 1.82) is 0 Å². The SMILES string of the molecule is COc1c(Cl)ccc(Cl)c1C(=O)N1CCC(NC(=O)C2CCCCC2)CC1. The van der Waals surface area contributed by atoms with Gasteiger partial charge in [0.05, 0.1) is 17.2 Å². The Labute approximate surface area is 170 Å². The fourth-order valence-electron chi connectivity index (χ4n) is 4.00. The van der Waals surface area contributed by atoms with E-state index in [9.17, 15) is 9.59 Å². The second-order valence-electron chi connectivity index (χ2n) is 7.35. The third kappa shape index (κ3) is 4.69. The summed E-state index contributed by atoms with van der Waals surface area (Å²) in [7, 11) is 1.47. The topological polar surface area (TPSA) is 58.6 Å². The van der Waals surface area contributed by atoms with Crippen LogP contribution in [0.15, 0.2) is 12.1 Å². The predicted molar refractivity (Wildman–Crippen MR) is 107 cm³/mol. The van der Waals surface area contributed by atoms with Crippen molar-refractivity contribution in [1.82, 2.24) is 10.2 Å². The first-order valence-electron chi connectivity index (χ1n) is 9.63. The van der Waals surface area contributed by atoms with E-state index in [4.69, 9.17) is 27.9 Å². The maximum Gasteiger partial charge on any atom is 0.259 e. The summed E-state index contributed by atoms with van der Waals surface area (Å²) in [4.78, 5) is 27.1. The lowest BCUT2D eigenvalue weighted by Gasteiger charge is -2.34. The molecule has 2 fully saturated rings. The van der Waals surface area contributed by atoms with Gasteiger partial charge in [-0.1, -0.05) is 42.5 Å². The molecule has 1 aliphatic carbocycles. The molecular formula is C20H26Cl2N2O3. The summed E-state index contributed by atoms with van der Waals surface area (Å²) in [5.74, 6) is 0.463. The van der Waals surface area contributed by atoms with Crippen LogP contribution in [-0.4, -0.2) is 43.0 Å². The van der Waals surface area contributed by atoms with Crippen molar-refractivity contribution in [2.45, 2.75) is 51.0 Å². The Hall–Kier alpha value is -1.46. The number of likely N-dealkylation sites (tertiary alicyclic amines) is 1. The van der Waals surface area contributed by atoms with Crippen LogP contribution in [0.5, 0.6) is 5.75 Å². The van der Waals surface area contributed by atoms with Gasteiger partial charge < -0.3 is 15.0 Å². The number of benzene rings is 1. The number of hydrogen-bond donors (Lipinski definition) is 1. The van der Waals surface area contributed by atoms with Gasteiger partial charge >= 0.3 is 0 Å². The van der Waals surface area contributed by atoms with Gasteiger partial charge in [-0.2, -0.15) is 0 Å². The molecule has 7 heteroatoms. The monoisotopic (exact) mass is 412 g/mol. The van der Waals surface area contributed by atoms with Crippen LogP contribution in [0.2, 0.25) is 10.0 Å². The lowest BCUT2D eigenvalue weighted by Crippen LogP contribution is -2.48. The number of rotatable bonds is 4. The quantitative estimate of drug-likeness (QED) is 0.801. The summed E-state index contributed by atoms with van der Waals surface area (Å²) in [6.45, 7) is 1.14. The van der Waals surface area contributed by atoms with E-state index in [1.54, 1.807) is 17.0 Å². The average Bonchev–Trinajstić information content (AvgIpc) is 2.70. The van der Waals surface area contributed by atoms with Crippen molar-refractivity contribution in [3.63, 3.8) is 0 Å². The lowest BCUT2D eigenvalue weighted by molar-refractivity contribution is -0.126. The van der Waals surface area contributed by atoms with Crippen LogP contribution < -0.4 is 10.1 Å². The summed E-state index contributed by atoms with van der Waals surface area (Å²) in [6.07, 6.45) is 7.00. The van der Waals surface area contributed by atoms with E-state index in [0.29, 0.717) is 34.4 Å². The highest BCUT2D eigenvalue weighted by atomic mass is 35.5. The minimum Gasteiger partial charge on any atom is -0.494 e. The van der Waals surface area contributed by atoms with Gasteiger partial charge in [-0.25, -0.2) is 0 Å². The molecule has 1 aromatic rings. The van der Waals surface area contributed by atoms with Crippen molar-refractivity contribution in [2.75, 3.05) is 20.2 Å². The number of nitrogens with one attached hydrogen (secondary N) is 1. The Bertz CT molecular complexity index is 697. The van der Waals surface area contributed by atoms with Crippen molar-refractivity contribution < 1.29 is 14.3 Å². The van der Waals surface area contributed by atoms with Crippen molar-refractivity contribution >= 4 is 35.0 Å². The summed E-state index contributed by atoms with van der Waals surface area (Å²) in [5, 5.41) is 3.87. The molecule has 1 aromatic carbocycles. The van der Waals surface area contributed by atoms with Crippen LogP contribution in [0.25, 0.3) is 0 Å². The van der Waals surface area contributed by atoms with E-state index in [2.05, 4.69) is 5.32 Å². The molecule has 2 amide bonds. The molecule has 2 aliphatic rings. The molecule has 5 nitrogen and oxygen atoms in total. The first-order chi connectivity index (χ1) is 13.0. The molecule has 0 aromatic heterocycles. The summed E-state index contributed by atoms with van der Waals surface area (Å²) >= 11 is 12.4. The Morgan fingerprint density at radius 2 is 1.67 bits per heavy atom. The van der Waals surface area contributed by atoms with Crippen LogP contribution in [0.3, 0.4) is 0 Å². The van der Waals surface area contributed by atoms with E-state index >= 15 is 0 Å². The van der Waals surface area contributed by atoms with E-state index in [0.717, 1.165) is 38.5 Å². The molecule has 0 atom stereocenters. The molecule has 3 rings (SSSR count). The minimum absolute atomic E-state index is 0.125. The Morgan fingerprint density at radius 3 is 2.30 bits per heavy atom. The molecule has 1 saturated heterocycles. The maximum atomic E-state index is 12.9. The molecule has 0 radical (unpaired) electrons. The largest absolute Gasteiger partial charge is 0.494 e. The molecule has 1 saturated carbocycles. The maximum absolute atomic E-state index is 12.9. The van der Waals surface area contributed by atoms with Crippen LogP contribution in [0.4, 0.5) is 0 Å². The number of ether oxygens (including phenoxy) is 1. The molecule has 1 N–H and O–H groups in total. The molecule has 148 valence electrons. The highest BCUT2D eigenvalue weighted by Gasteiger charge is 2.30. The zero-order chi connectivity index (χ0) is 19.4. The molecule has 1 heterocycles. The zero-order valence-electron chi connectivity index (χ0n) is 15.6. The molecule has 1 aliphatic heterocycles. The van der Waals surface area contributed by atoms with Crippen molar-refractivity contribution in [2.24, 2.45) is 5.92 Å². The fourth-order valence-corrected chi connectivity index (χ4v) is 4.47. The van der Waals surface area contributed by atoms with Gasteiger partial charge in [0.25, 0.3) is 5.91 Å². The third-order valence-corrected chi connectivity index (χ3v) is 6.19. The molecule has 0 spiro atoms. The van der Waals surface area contributed by atoms with E-state index in [-0.39, 0.29) is 23.8 Å². The highest BCUT2D eigenvalue weighted by Crippen LogP contribution is 2.35. The van der Waals surface area contributed by atoms with Gasteiger partial charge in [0.2, 0.25) is 5.91 Å². The predicted octanol–water partition coefficient (Wildman–Crippen LogP) is 4.30. The van der Waals surface area contributed by atoms with E-state index in [1.807, 2.05) is 0 Å². The molecule has 0 unspecified atom stereocenters. The molecule has 27 heavy (non-hydrogen) atoms. The smallest absolute Gasteiger partial charge is 0.259 e. The number of piperidine rings is 1. The second-order valence-corrected chi connectivity index (χ2v) is 8.16. The molecular weight excluding hydrogens is 387 g/mol. The highest BCUT2D eigenvalue weighted by molar-refractivity contribution is 6.37. The number of halogens is 2. The Morgan fingerprint density at radius 1 is 1.04 bits per heavy atom. The molecule has 0 bridgehead atoms. The van der Waals surface area contributed by atoms with Crippen LogP contribution in [0, 0.1) is 5.92 Å². The third-order valence-electron chi connectivity index (χ3n) is 5.58. The number of carbonyl (C=O) groups is 2. The second kappa shape index (κ2) is 9.16. The number of amides is 2. The van der Waals surface area contributed by atoms with Crippen molar-refractivity contribution in [3.8, 4) is 5.75 Å². The fraction of sp³-hybridized carbons (Fsp3) is 0.600. The number of nitrogens with zero attached hydrogens (tertiary/aromatic N) is 1. The standard InChI is InChI=1S/C20H26Cl2N2O3/c1-27-18-16(22)8-7-15(21)17(18)20(26)24-11-9-14(10-12-24)23-19(25)13-5-3-2-4-6-13/h7-8,13-14H,2-6,9-12H2,1H3,(H,23,25). The van der Waals surface area contributed by atoms with Gasteiger partial charge in [-0.05, 0) is 37.8 Å². The summed E-state index contributed by atoms with van der Waals surface area (Å²) in [5.41, 5.74) is 0.302. The Balaban J connectivity index is 1.58. The van der Waals surface area contributed by atoms with Gasteiger partial charge in [0.1, 0.15) is 5.56 Å². The van der Waals surface area contributed by atoms with Crippen LogP contribution >= 0.6 is 23.2 Å². The van der Waals surface area contributed by atoms with Crippen molar-refractivity contribution in [3.05, 3.63) is 27.7 Å². The normalized spacial score (nSPS) is 19.0. The van der Waals surface area contributed by atoms with Gasteiger partial charge in [0.15, 0.2) is 5.75 Å². The lowest BCUT2D eigenvalue weighted by atomic mass is 9.88. The number of methoxy groups -OCH3 is 1. The number of carbonyl (C=O) groups excluding carboxylic acids is 2. The van der Waals surface area contributed by atoms with Gasteiger partial charge in [-0.15, -0.1) is 0 Å². The van der Waals surface area contributed by atoms with E-state index < -0.39 is 0 Å². The summed E-state index contributed by atoms with van der Waals surface area (Å²) in [6, 6.07) is 3.35. The van der Waals surface area contributed by atoms with Crippen LogP contribution in [-0.2, 0) is 4.79 Å². The Kier molecular flexibility index (Phi) is 6.88. The van der Waals surface area contributed by atoms with Crippen LogP contribution in [0.1, 0.15) is 55.3 Å². The summed E-state index contributed by atoms with van der Waals surface area (Å²) < 4.78 is 5.29. The number of hydrogen-bond acceptors (Lipinski definition) is 3. The van der Waals surface area contributed by atoms with E-state index in [1.165, 1.54) is 13.5 Å². The first-order valence-corrected chi connectivity index (χ1v) is 10.4. The zero-order valence-corrected chi connectivity index (χ0v) is 17.1. The minimum atomic E-state index is -0.184.